The predicted molar refractivity (Wildman–Crippen MR) is 124 cm³/mol. The summed E-state index contributed by atoms with van der Waals surface area (Å²) in [6, 6.07) is 9.57. The number of ether oxygens (including phenoxy) is 2. The Hall–Kier alpha value is -2.91. The van der Waals surface area contributed by atoms with Crippen LogP contribution in [0.1, 0.15) is 24.0 Å². The van der Waals surface area contributed by atoms with E-state index >= 15 is 0 Å². The number of carbonyl (C=O) groups is 1. The number of para-hydroxylation sites is 1. The van der Waals surface area contributed by atoms with Gasteiger partial charge in [0, 0.05) is 22.7 Å². The summed E-state index contributed by atoms with van der Waals surface area (Å²) in [5, 5.41) is 15.3. The fourth-order valence-corrected chi connectivity index (χ4v) is 5.50. The first-order chi connectivity index (χ1) is 15.4. The number of rotatable bonds is 7. The summed E-state index contributed by atoms with van der Waals surface area (Å²) in [5.41, 5.74) is 0.558. The number of likely N-dealkylation sites (tertiary alicyclic amines) is 1. The minimum atomic E-state index is -1.39. The maximum absolute atomic E-state index is 13.2. The number of anilines is 1. The molecule has 1 saturated heterocycles. The van der Waals surface area contributed by atoms with Gasteiger partial charge in [0.15, 0.2) is 17.0 Å². The Bertz CT molecular complexity index is 1090. The van der Waals surface area contributed by atoms with E-state index in [-0.39, 0.29) is 10.8 Å². The van der Waals surface area contributed by atoms with Crippen molar-refractivity contribution in [3.05, 3.63) is 74.8 Å². The van der Waals surface area contributed by atoms with Crippen molar-refractivity contribution >= 4 is 27.5 Å². The van der Waals surface area contributed by atoms with Crippen molar-refractivity contribution in [1.82, 2.24) is 4.90 Å². The Morgan fingerprint density at radius 1 is 1.38 bits per heavy atom. The predicted octanol–water partition coefficient (Wildman–Crippen LogP) is 3.93. The first-order valence-electron chi connectivity index (χ1n) is 10.3. The van der Waals surface area contributed by atoms with Gasteiger partial charge in [-0.15, -0.1) is 0 Å². The van der Waals surface area contributed by atoms with E-state index in [1.54, 1.807) is 48.4 Å². The number of hydrogen-bond donors (Lipinski definition) is 1. The van der Waals surface area contributed by atoms with E-state index in [2.05, 4.69) is 27.8 Å². The summed E-state index contributed by atoms with van der Waals surface area (Å²) in [7, 11) is 1.76. The molecular formula is C23H24BrN3O5. The Labute approximate surface area is 194 Å². The molecule has 8 nitrogen and oxygen atoms in total. The molecule has 0 unspecified atom stereocenters. The lowest BCUT2D eigenvalue weighted by atomic mass is 9.79. The molecule has 2 aliphatic heterocycles. The summed E-state index contributed by atoms with van der Waals surface area (Å²) < 4.78 is 12.1. The largest absolute Gasteiger partial charge is 0.490 e. The van der Waals surface area contributed by atoms with E-state index in [0.717, 1.165) is 0 Å². The van der Waals surface area contributed by atoms with Gasteiger partial charge in [-0.05, 0) is 53.7 Å². The van der Waals surface area contributed by atoms with Crippen LogP contribution in [0, 0.1) is 10.1 Å². The van der Waals surface area contributed by atoms with E-state index in [4.69, 9.17) is 9.47 Å². The van der Waals surface area contributed by atoms with Crippen molar-refractivity contribution in [1.29, 1.82) is 0 Å². The van der Waals surface area contributed by atoms with Crippen LogP contribution in [0.25, 0.3) is 0 Å². The number of carbonyl (C=O) groups excluding carboxylic acids is 1. The van der Waals surface area contributed by atoms with Crippen LogP contribution >= 0.6 is 15.9 Å². The van der Waals surface area contributed by atoms with Gasteiger partial charge in [0.2, 0.25) is 0 Å². The molecule has 32 heavy (non-hydrogen) atoms. The first kappa shape index (κ1) is 22.3. The van der Waals surface area contributed by atoms with Gasteiger partial charge in [0.25, 0.3) is 11.9 Å². The standard InChI is InChI=1S/C23H24BrN3O5/c1-4-10-32-20-17(24)11-14(12-19(20)31-5-2)15-13-26(3)23(21(15)27(29)30)16-8-6-7-9-18(16)25-22(23)28/h4,6-9,11-12,15,21H,1,5,10,13H2,2-3H3,(H,25,28)/t15-,21+,23+/m0/s1. The van der Waals surface area contributed by atoms with Gasteiger partial charge in [-0.2, -0.15) is 0 Å². The average Bonchev–Trinajstić information content (AvgIpc) is 3.23. The maximum Gasteiger partial charge on any atom is 0.256 e. The fraction of sp³-hybridized carbons (Fsp3) is 0.348. The maximum atomic E-state index is 13.2. The molecule has 0 aromatic heterocycles. The lowest BCUT2D eigenvalue weighted by Gasteiger charge is -2.30. The minimum absolute atomic E-state index is 0.293. The summed E-state index contributed by atoms with van der Waals surface area (Å²) in [6.07, 6.45) is 1.63. The highest BCUT2D eigenvalue weighted by Gasteiger charge is 2.68. The number of likely N-dealkylation sites (N-methyl/N-ethyl adjacent to an activating group) is 1. The lowest BCUT2D eigenvalue weighted by molar-refractivity contribution is -0.534. The molecule has 9 heteroatoms. The fourth-order valence-electron chi connectivity index (χ4n) is 4.93. The van der Waals surface area contributed by atoms with Crippen molar-refractivity contribution in [2.45, 2.75) is 24.4 Å². The zero-order chi connectivity index (χ0) is 23.0. The molecule has 0 aliphatic carbocycles. The molecular weight excluding hydrogens is 478 g/mol. The summed E-state index contributed by atoms with van der Waals surface area (Å²) in [4.78, 5) is 27.2. The summed E-state index contributed by atoms with van der Waals surface area (Å²) in [6.45, 7) is 6.55. The second kappa shape index (κ2) is 8.55. The molecule has 0 saturated carbocycles. The number of benzene rings is 2. The molecule has 2 aromatic carbocycles. The molecule has 2 aliphatic rings. The van der Waals surface area contributed by atoms with E-state index in [0.29, 0.717) is 52.5 Å². The molecule has 2 aromatic rings. The molecule has 168 valence electrons. The molecule has 0 bridgehead atoms. The van der Waals surface area contributed by atoms with Gasteiger partial charge >= 0.3 is 0 Å². The highest BCUT2D eigenvalue weighted by atomic mass is 79.9. The van der Waals surface area contributed by atoms with Crippen molar-refractivity contribution in [2.75, 3.05) is 32.1 Å². The molecule has 1 fully saturated rings. The van der Waals surface area contributed by atoms with Crippen molar-refractivity contribution < 1.29 is 19.2 Å². The van der Waals surface area contributed by atoms with Gasteiger partial charge < -0.3 is 14.8 Å². The number of nitro groups is 1. The smallest absolute Gasteiger partial charge is 0.256 e. The van der Waals surface area contributed by atoms with Crippen molar-refractivity contribution in [3.63, 3.8) is 0 Å². The zero-order valence-electron chi connectivity index (χ0n) is 17.8. The number of halogens is 1. The summed E-state index contributed by atoms with van der Waals surface area (Å²) in [5.74, 6) is 0.0789. The molecule has 1 amide bonds. The highest BCUT2D eigenvalue weighted by molar-refractivity contribution is 9.10. The molecule has 0 radical (unpaired) electrons. The molecule has 1 spiro atoms. The summed E-state index contributed by atoms with van der Waals surface area (Å²) >= 11 is 3.53. The third-order valence-corrected chi connectivity index (χ3v) is 6.74. The number of nitrogens with zero attached hydrogens (tertiary/aromatic N) is 2. The topological polar surface area (TPSA) is 93.9 Å². The van der Waals surface area contributed by atoms with Crippen molar-refractivity contribution in [3.8, 4) is 11.5 Å². The normalized spacial score (nSPS) is 24.3. The quantitative estimate of drug-likeness (QED) is 0.350. The van der Waals surface area contributed by atoms with E-state index in [1.165, 1.54) is 0 Å². The molecule has 1 N–H and O–H groups in total. The first-order valence-corrected chi connectivity index (χ1v) is 11.1. The monoisotopic (exact) mass is 501 g/mol. The van der Waals surface area contributed by atoms with Crippen LogP contribution < -0.4 is 14.8 Å². The Kier molecular flexibility index (Phi) is 5.96. The van der Waals surface area contributed by atoms with Crippen LogP contribution in [-0.2, 0) is 10.3 Å². The number of fused-ring (bicyclic) bond motifs is 2. The van der Waals surface area contributed by atoms with E-state index in [1.807, 2.05) is 13.0 Å². The van der Waals surface area contributed by atoms with E-state index in [9.17, 15) is 14.9 Å². The molecule has 4 rings (SSSR count). The van der Waals surface area contributed by atoms with Gasteiger partial charge in [-0.25, -0.2) is 0 Å². The highest BCUT2D eigenvalue weighted by Crippen LogP contribution is 2.53. The van der Waals surface area contributed by atoms with Crippen molar-refractivity contribution in [2.24, 2.45) is 0 Å². The Balaban J connectivity index is 1.84. The average molecular weight is 502 g/mol. The molecule has 2 heterocycles. The SMILES string of the molecule is C=CCOc1c(Br)cc([C@@H]2CN(C)[C@@]3(C(=O)Nc4ccccc43)[C@@H]2[N+](=O)[O-])cc1OCC. The number of nitrogens with one attached hydrogen (secondary N) is 1. The Morgan fingerprint density at radius 2 is 2.12 bits per heavy atom. The van der Waals surface area contributed by atoms with Crippen LogP contribution in [0.3, 0.4) is 0 Å². The number of hydrogen-bond acceptors (Lipinski definition) is 6. The second-order valence-electron chi connectivity index (χ2n) is 7.85. The van der Waals surface area contributed by atoms with Crippen LogP contribution in [0.5, 0.6) is 11.5 Å². The van der Waals surface area contributed by atoms with Gasteiger partial charge in [-0.3, -0.25) is 19.8 Å². The number of amides is 1. The minimum Gasteiger partial charge on any atom is -0.490 e. The van der Waals surface area contributed by atoms with E-state index < -0.39 is 17.5 Å². The Morgan fingerprint density at radius 3 is 2.81 bits per heavy atom. The van der Waals surface area contributed by atoms with Crippen LogP contribution in [0.4, 0.5) is 5.69 Å². The van der Waals surface area contributed by atoms with Gasteiger partial charge in [0.1, 0.15) is 6.61 Å². The van der Waals surface area contributed by atoms with Gasteiger partial charge in [-0.1, -0.05) is 30.9 Å². The lowest BCUT2D eigenvalue weighted by Crippen LogP contribution is -2.54. The molecule has 3 atom stereocenters. The zero-order valence-corrected chi connectivity index (χ0v) is 19.4. The van der Waals surface area contributed by atoms with Crippen LogP contribution in [0.15, 0.2) is 53.5 Å². The van der Waals surface area contributed by atoms with Crippen LogP contribution in [0.2, 0.25) is 0 Å². The third kappa shape index (κ3) is 3.27. The third-order valence-electron chi connectivity index (χ3n) is 6.15. The van der Waals surface area contributed by atoms with Crippen LogP contribution in [-0.4, -0.2) is 48.6 Å². The van der Waals surface area contributed by atoms with Gasteiger partial charge in [0.05, 0.1) is 17.0 Å². The second-order valence-corrected chi connectivity index (χ2v) is 8.70.